The Hall–Kier alpha value is -0.700. The second-order valence-corrected chi connectivity index (χ2v) is 7.70. The van der Waals surface area contributed by atoms with Gasteiger partial charge in [-0.3, -0.25) is 4.72 Å². The molecule has 4 nitrogen and oxygen atoms in total. The van der Waals surface area contributed by atoms with Crippen molar-refractivity contribution in [3.63, 3.8) is 0 Å². The van der Waals surface area contributed by atoms with Gasteiger partial charge < -0.3 is 0 Å². The first-order valence-electron chi connectivity index (χ1n) is 4.89. The van der Waals surface area contributed by atoms with Gasteiger partial charge in [0, 0.05) is 15.5 Å². The summed E-state index contributed by atoms with van der Waals surface area (Å²) in [6, 6.07) is 1.97. The summed E-state index contributed by atoms with van der Waals surface area (Å²) < 4.78 is 39.8. The topological polar surface area (TPSA) is 59.1 Å². The highest BCUT2D eigenvalue weighted by Crippen LogP contribution is 2.32. The molecule has 9 heteroatoms. The lowest BCUT2D eigenvalue weighted by Crippen LogP contribution is -2.14. The van der Waals surface area contributed by atoms with Crippen molar-refractivity contribution in [1.29, 1.82) is 0 Å². The summed E-state index contributed by atoms with van der Waals surface area (Å²) in [5.41, 5.74) is 0. The average Bonchev–Trinajstić information content (AvgIpc) is 2.60. The highest BCUT2D eigenvalue weighted by atomic mass is 79.9. The maximum atomic E-state index is 13.1. The molecule has 2 aromatic rings. The molecule has 2 rings (SSSR count). The zero-order valence-electron chi connectivity index (χ0n) is 9.45. The van der Waals surface area contributed by atoms with Gasteiger partial charge in [-0.2, -0.15) is 0 Å². The Morgan fingerprint density at radius 1 is 1.47 bits per heavy atom. The van der Waals surface area contributed by atoms with Crippen molar-refractivity contribution in [2.45, 2.75) is 11.8 Å². The molecule has 0 radical (unpaired) electrons. The van der Waals surface area contributed by atoms with Crippen LogP contribution >= 0.6 is 38.9 Å². The summed E-state index contributed by atoms with van der Waals surface area (Å²) in [6.45, 7) is 1.80. The summed E-state index contributed by atoms with van der Waals surface area (Å²) >= 11 is 9.97. The number of hydrogen-bond acceptors (Lipinski definition) is 4. The number of aromatic nitrogens is 1. The summed E-state index contributed by atoms with van der Waals surface area (Å²) in [4.78, 5) is 4.54. The molecule has 0 aliphatic carbocycles. The highest BCUT2D eigenvalue weighted by Gasteiger charge is 2.23. The standard InChI is InChI=1S/C10H7BrClFN2O2S2/c1-5-4-14-10(18-5)15-19(16,17)9-7(11)2-6(13)3-8(9)12/h2-4H,1H3,(H,14,15). The van der Waals surface area contributed by atoms with Crippen LogP contribution in [-0.2, 0) is 10.0 Å². The molecule has 1 aromatic heterocycles. The molecule has 0 atom stereocenters. The summed E-state index contributed by atoms with van der Waals surface area (Å²) in [6.07, 6.45) is 1.55. The van der Waals surface area contributed by atoms with Crippen molar-refractivity contribution in [1.82, 2.24) is 4.98 Å². The second kappa shape index (κ2) is 5.35. The van der Waals surface area contributed by atoms with Crippen LogP contribution in [-0.4, -0.2) is 13.4 Å². The number of anilines is 1. The first-order valence-corrected chi connectivity index (χ1v) is 8.36. The SMILES string of the molecule is Cc1cnc(NS(=O)(=O)c2c(Cl)cc(F)cc2Br)s1. The van der Waals surface area contributed by atoms with Gasteiger partial charge in [-0.1, -0.05) is 11.6 Å². The van der Waals surface area contributed by atoms with Crippen LogP contribution in [0.2, 0.25) is 5.02 Å². The van der Waals surface area contributed by atoms with Gasteiger partial charge in [-0.15, -0.1) is 11.3 Å². The number of benzene rings is 1. The van der Waals surface area contributed by atoms with E-state index in [1.165, 1.54) is 11.3 Å². The van der Waals surface area contributed by atoms with Gasteiger partial charge in [-0.05, 0) is 35.0 Å². The third-order valence-corrected chi connectivity index (χ3v) is 5.77. The largest absolute Gasteiger partial charge is 0.266 e. The van der Waals surface area contributed by atoms with Gasteiger partial charge in [0.15, 0.2) is 5.13 Å². The minimum Gasteiger partial charge on any atom is -0.255 e. The Balaban J connectivity index is 2.45. The molecule has 1 heterocycles. The van der Waals surface area contributed by atoms with Crippen molar-refractivity contribution >= 4 is 54.0 Å². The summed E-state index contributed by atoms with van der Waals surface area (Å²) in [7, 11) is -3.93. The van der Waals surface area contributed by atoms with Crippen molar-refractivity contribution in [2.24, 2.45) is 0 Å². The molecular formula is C10H7BrClFN2O2S2. The molecule has 0 saturated heterocycles. The number of hydrogen-bond donors (Lipinski definition) is 1. The van der Waals surface area contributed by atoms with Crippen LogP contribution in [0.4, 0.5) is 9.52 Å². The molecule has 0 aliphatic heterocycles. The van der Waals surface area contributed by atoms with E-state index in [1.807, 2.05) is 0 Å². The smallest absolute Gasteiger partial charge is 0.255 e. The van der Waals surface area contributed by atoms with Gasteiger partial charge in [0.2, 0.25) is 0 Å². The molecule has 0 amide bonds. The van der Waals surface area contributed by atoms with Gasteiger partial charge >= 0.3 is 0 Å². The van der Waals surface area contributed by atoms with Crippen LogP contribution in [0.25, 0.3) is 0 Å². The number of thiazole rings is 1. The van der Waals surface area contributed by atoms with Gasteiger partial charge in [0.25, 0.3) is 10.0 Å². The molecule has 19 heavy (non-hydrogen) atoms. The Labute approximate surface area is 126 Å². The van der Waals surface area contributed by atoms with Crippen LogP contribution in [0.5, 0.6) is 0 Å². The summed E-state index contributed by atoms with van der Waals surface area (Å²) in [5.74, 6) is -0.624. The molecule has 0 spiro atoms. The van der Waals surface area contributed by atoms with Gasteiger partial charge in [0.05, 0.1) is 5.02 Å². The second-order valence-electron chi connectivity index (χ2n) is 3.58. The predicted octanol–water partition coefficient (Wildman–Crippen LogP) is 3.81. The zero-order chi connectivity index (χ0) is 14.2. The van der Waals surface area contributed by atoms with Crippen LogP contribution in [0.3, 0.4) is 0 Å². The van der Waals surface area contributed by atoms with Crippen LogP contribution in [0.15, 0.2) is 27.7 Å². The lowest BCUT2D eigenvalue weighted by Gasteiger charge is -2.09. The number of rotatable bonds is 3. The number of nitrogens with zero attached hydrogens (tertiary/aromatic N) is 1. The molecule has 1 aromatic carbocycles. The van der Waals surface area contributed by atoms with Crippen LogP contribution < -0.4 is 4.72 Å². The molecule has 0 fully saturated rings. The Morgan fingerprint density at radius 2 is 2.16 bits per heavy atom. The maximum absolute atomic E-state index is 13.1. The Kier molecular flexibility index (Phi) is 4.14. The number of nitrogens with one attached hydrogen (secondary N) is 1. The third kappa shape index (κ3) is 3.25. The van der Waals surface area contributed by atoms with E-state index in [4.69, 9.17) is 11.6 Å². The van der Waals surface area contributed by atoms with Crippen molar-refractivity contribution < 1.29 is 12.8 Å². The van der Waals surface area contributed by atoms with E-state index in [2.05, 4.69) is 25.6 Å². The third-order valence-electron chi connectivity index (χ3n) is 2.07. The minimum atomic E-state index is -3.93. The fourth-order valence-electron chi connectivity index (χ4n) is 1.35. The highest BCUT2D eigenvalue weighted by molar-refractivity contribution is 9.10. The predicted molar refractivity (Wildman–Crippen MR) is 76.8 cm³/mol. The van der Waals surface area contributed by atoms with E-state index in [-0.39, 0.29) is 19.5 Å². The maximum Gasteiger partial charge on any atom is 0.266 e. The van der Waals surface area contributed by atoms with E-state index >= 15 is 0 Å². The monoisotopic (exact) mass is 384 g/mol. The van der Waals surface area contributed by atoms with E-state index in [9.17, 15) is 12.8 Å². The minimum absolute atomic E-state index is 0.0540. The van der Waals surface area contributed by atoms with Crippen molar-refractivity contribution in [3.8, 4) is 0 Å². The Morgan fingerprint density at radius 3 is 2.68 bits per heavy atom. The molecule has 102 valence electrons. The van der Waals surface area contributed by atoms with Gasteiger partial charge in [-0.25, -0.2) is 17.8 Å². The van der Waals surface area contributed by atoms with E-state index in [0.717, 1.165) is 17.0 Å². The van der Waals surface area contributed by atoms with E-state index < -0.39 is 15.8 Å². The van der Waals surface area contributed by atoms with Gasteiger partial charge in [0.1, 0.15) is 10.7 Å². The molecule has 0 aliphatic rings. The fourth-order valence-corrected chi connectivity index (χ4v) is 5.08. The molecule has 0 saturated carbocycles. The number of sulfonamides is 1. The van der Waals surface area contributed by atoms with Crippen molar-refractivity contribution in [3.05, 3.63) is 38.5 Å². The molecule has 0 unspecified atom stereocenters. The van der Waals surface area contributed by atoms with Crippen LogP contribution in [0, 0.1) is 12.7 Å². The number of halogens is 3. The van der Waals surface area contributed by atoms with E-state index in [1.54, 1.807) is 13.1 Å². The summed E-state index contributed by atoms with van der Waals surface area (Å²) in [5, 5.41) is 0.0254. The fraction of sp³-hybridized carbons (Fsp3) is 0.100. The quantitative estimate of drug-likeness (QED) is 0.874. The molecule has 0 bridgehead atoms. The lowest BCUT2D eigenvalue weighted by molar-refractivity contribution is 0.599. The number of aryl methyl sites for hydroxylation is 1. The first-order chi connectivity index (χ1) is 8.79. The normalized spacial score (nSPS) is 11.6. The van der Waals surface area contributed by atoms with Crippen LogP contribution in [0.1, 0.15) is 4.88 Å². The zero-order valence-corrected chi connectivity index (χ0v) is 13.4. The Bertz CT molecular complexity index is 710. The lowest BCUT2D eigenvalue weighted by atomic mass is 10.3. The first kappa shape index (κ1) is 14.7. The van der Waals surface area contributed by atoms with Crippen molar-refractivity contribution in [2.75, 3.05) is 4.72 Å². The average molecular weight is 386 g/mol. The van der Waals surface area contributed by atoms with E-state index in [0.29, 0.717) is 0 Å². The molecular weight excluding hydrogens is 379 g/mol. The molecule has 1 N–H and O–H groups in total.